The predicted molar refractivity (Wildman–Crippen MR) is 59.4 cm³/mol. The van der Waals surface area contributed by atoms with Crippen LogP contribution in [0.25, 0.3) is 0 Å². The second-order valence-corrected chi connectivity index (χ2v) is 3.94. The van der Waals surface area contributed by atoms with E-state index in [9.17, 15) is 0 Å². The number of hydrogen-bond donors (Lipinski definition) is 2. The van der Waals surface area contributed by atoms with Crippen molar-refractivity contribution in [1.29, 1.82) is 0 Å². The van der Waals surface area contributed by atoms with E-state index in [1.165, 1.54) is 18.1 Å². The summed E-state index contributed by atoms with van der Waals surface area (Å²) in [4.78, 5) is 0. The summed E-state index contributed by atoms with van der Waals surface area (Å²) in [6.07, 6.45) is 2.99. The molecule has 1 atom stereocenters. The SMILES string of the molecule is CCCNCC(C)NCc1cnsn1. The van der Waals surface area contributed by atoms with Gasteiger partial charge in [0.05, 0.1) is 23.6 Å². The summed E-state index contributed by atoms with van der Waals surface area (Å²) in [7, 11) is 0. The van der Waals surface area contributed by atoms with Crippen molar-refractivity contribution in [3.8, 4) is 0 Å². The number of nitrogens with one attached hydrogen (secondary N) is 2. The Hall–Kier alpha value is -0.520. The van der Waals surface area contributed by atoms with Crippen LogP contribution in [0.1, 0.15) is 26.0 Å². The van der Waals surface area contributed by atoms with Crippen LogP contribution in [0.5, 0.6) is 0 Å². The van der Waals surface area contributed by atoms with Gasteiger partial charge < -0.3 is 10.6 Å². The van der Waals surface area contributed by atoms with Gasteiger partial charge in [-0.05, 0) is 19.9 Å². The Balaban J connectivity index is 2.06. The highest BCUT2D eigenvalue weighted by Gasteiger charge is 2.01. The molecule has 2 N–H and O–H groups in total. The monoisotopic (exact) mass is 214 g/mol. The second-order valence-electron chi connectivity index (χ2n) is 3.38. The molecule has 0 spiro atoms. The normalized spacial score (nSPS) is 13.0. The fraction of sp³-hybridized carbons (Fsp3) is 0.778. The van der Waals surface area contributed by atoms with Crippen molar-refractivity contribution >= 4 is 11.7 Å². The highest BCUT2D eigenvalue weighted by molar-refractivity contribution is 6.99. The Morgan fingerprint density at radius 2 is 2.43 bits per heavy atom. The minimum atomic E-state index is 0.475. The molecule has 0 fully saturated rings. The summed E-state index contributed by atoms with van der Waals surface area (Å²) in [5.74, 6) is 0. The zero-order chi connectivity index (χ0) is 10.2. The maximum atomic E-state index is 4.13. The second kappa shape index (κ2) is 6.86. The van der Waals surface area contributed by atoms with Crippen molar-refractivity contribution in [2.45, 2.75) is 32.9 Å². The van der Waals surface area contributed by atoms with Gasteiger partial charge in [-0.3, -0.25) is 0 Å². The van der Waals surface area contributed by atoms with Crippen molar-refractivity contribution in [2.24, 2.45) is 0 Å². The first-order chi connectivity index (χ1) is 6.83. The van der Waals surface area contributed by atoms with E-state index in [-0.39, 0.29) is 0 Å². The van der Waals surface area contributed by atoms with E-state index in [4.69, 9.17) is 0 Å². The lowest BCUT2D eigenvalue weighted by molar-refractivity contribution is 0.499. The minimum absolute atomic E-state index is 0.475. The number of rotatable bonds is 7. The lowest BCUT2D eigenvalue weighted by Gasteiger charge is -2.13. The van der Waals surface area contributed by atoms with E-state index < -0.39 is 0 Å². The van der Waals surface area contributed by atoms with Crippen LogP contribution in [-0.2, 0) is 6.54 Å². The molecule has 0 aliphatic carbocycles. The van der Waals surface area contributed by atoms with Gasteiger partial charge in [0.2, 0.25) is 0 Å². The van der Waals surface area contributed by atoms with Crippen LogP contribution in [0.2, 0.25) is 0 Å². The Morgan fingerprint density at radius 3 is 3.07 bits per heavy atom. The minimum Gasteiger partial charge on any atom is -0.315 e. The van der Waals surface area contributed by atoms with Crippen LogP contribution in [0.3, 0.4) is 0 Å². The quantitative estimate of drug-likeness (QED) is 0.665. The number of aromatic nitrogens is 2. The third kappa shape index (κ3) is 4.64. The molecule has 5 heteroatoms. The van der Waals surface area contributed by atoms with Crippen LogP contribution >= 0.6 is 11.7 Å². The highest BCUT2D eigenvalue weighted by atomic mass is 32.1. The predicted octanol–water partition coefficient (Wildman–Crippen LogP) is 1.02. The molecule has 0 aliphatic rings. The maximum absolute atomic E-state index is 4.13. The highest BCUT2D eigenvalue weighted by Crippen LogP contribution is 1.94. The summed E-state index contributed by atoms with van der Waals surface area (Å²) >= 11 is 1.26. The molecule has 0 saturated carbocycles. The lowest BCUT2D eigenvalue weighted by Crippen LogP contribution is -2.36. The van der Waals surface area contributed by atoms with Gasteiger partial charge in [0.25, 0.3) is 0 Å². The van der Waals surface area contributed by atoms with Crippen molar-refractivity contribution in [3.05, 3.63) is 11.9 Å². The van der Waals surface area contributed by atoms with Gasteiger partial charge in [-0.25, -0.2) is 0 Å². The summed E-state index contributed by atoms with van der Waals surface area (Å²) in [5, 5.41) is 6.75. The van der Waals surface area contributed by atoms with Crippen LogP contribution < -0.4 is 10.6 Å². The maximum Gasteiger partial charge on any atom is 0.0880 e. The molecule has 1 aromatic heterocycles. The molecule has 80 valence electrons. The third-order valence-corrected chi connectivity index (χ3v) is 2.43. The van der Waals surface area contributed by atoms with Crippen LogP contribution in [0.4, 0.5) is 0 Å². The molecule has 0 bridgehead atoms. The van der Waals surface area contributed by atoms with Gasteiger partial charge in [0.1, 0.15) is 0 Å². The Labute approximate surface area is 89.4 Å². The molecule has 4 nitrogen and oxygen atoms in total. The smallest absolute Gasteiger partial charge is 0.0880 e. The summed E-state index contributed by atoms with van der Waals surface area (Å²) in [6, 6.07) is 0.475. The fourth-order valence-electron chi connectivity index (χ4n) is 1.11. The van der Waals surface area contributed by atoms with Gasteiger partial charge in [-0.2, -0.15) is 8.75 Å². The topological polar surface area (TPSA) is 49.8 Å². The molecule has 1 heterocycles. The Kier molecular flexibility index (Phi) is 5.66. The third-order valence-electron chi connectivity index (χ3n) is 1.92. The number of nitrogens with zero attached hydrogens (tertiary/aromatic N) is 2. The molecular weight excluding hydrogens is 196 g/mol. The summed E-state index contributed by atoms with van der Waals surface area (Å²) in [5.41, 5.74) is 1.03. The van der Waals surface area contributed by atoms with Gasteiger partial charge >= 0.3 is 0 Å². The standard InChI is InChI=1S/C9H18N4S/c1-3-4-10-5-8(2)11-6-9-7-12-14-13-9/h7-8,10-11H,3-6H2,1-2H3. The largest absolute Gasteiger partial charge is 0.315 e. The average Bonchev–Trinajstić information content (AvgIpc) is 2.68. The molecular formula is C9H18N4S. The van der Waals surface area contributed by atoms with E-state index in [1.807, 2.05) is 6.20 Å². The zero-order valence-electron chi connectivity index (χ0n) is 8.79. The Bertz CT molecular complexity index is 225. The van der Waals surface area contributed by atoms with Crippen LogP contribution in [0, 0.1) is 0 Å². The molecule has 0 aromatic carbocycles. The molecule has 1 aromatic rings. The first-order valence-electron chi connectivity index (χ1n) is 5.03. The average molecular weight is 214 g/mol. The van der Waals surface area contributed by atoms with Crippen molar-refractivity contribution < 1.29 is 0 Å². The molecule has 0 aliphatic heterocycles. The lowest BCUT2D eigenvalue weighted by atomic mass is 10.3. The van der Waals surface area contributed by atoms with E-state index in [2.05, 4.69) is 33.2 Å². The summed E-state index contributed by atoms with van der Waals surface area (Å²) in [6.45, 7) is 7.25. The molecule has 0 radical (unpaired) electrons. The van der Waals surface area contributed by atoms with Crippen molar-refractivity contribution in [3.63, 3.8) is 0 Å². The van der Waals surface area contributed by atoms with E-state index in [0.717, 1.165) is 25.3 Å². The molecule has 0 amide bonds. The van der Waals surface area contributed by atoms with Crippen LogP contribution in [0.15, 0.2) is 6.20 Å². The van der Waals surface area contributed by atoms with Crippen LogP contribution in [-0.4, -0.2) is 27.9 Å². The van der Waals surface area contributed by atoms with Crippen molar-refractivity contribution in [2.75, 3.05) is 13.1 Å². The molecule has 1 rings (SSSR count). The molecule has 0 saturated heterocycles. The van der Waals surface area contributed by atoms with E-state index in [0.29, 0.717) is 6.04 Å². The Morgan fingerprint density at radius 1 is 1.57 bits per heavy atom. The van der Waals surface area contributed by atoms with E-state index in [1.54, 1.807) is 0 Å². The van der Waals surface area contributed by atoms with Gasteiger partial charge in [0.15, 0.2) is 0 Å². The van der Waals surface area contributed by atoms with E-state index >= 15 is 0 Å². The first kappa shape index (κ1) is 11.6. The molecule has 1 unspecified atom stereocenters. The molecule has 14 heavy (non-hydrogen) atoms. The van der Waals surface area contributed by atoms with Gasteiger partial charge in [-0.15, -0.1) is 0 Å². The summed E-state index contributed by atoms with van der Waals surface area (Å²) < 4.78 is 8.08. The fourth-order valence-corrected chi connectivity index (χ4v) is 1.54. The first-order valence-corrected chi connectivity index (χ1v) is 5.76. The van der Waals surface area contributed by atoms with Gasteiger partial charge in [0, 0.05) is 19.1 Å². The zero-order valence-corrected chi connectivity index (χ0v) is 9.60. The number of hydrogen-bond acceptors (Lipinski definition) is 5. The van der Waals surface area contributed by atoms with Gasteiger partial charge in [-0.1, -0.05) is 6.92 Å². The van der Waals surface area contributed by atoms with Crippen molar-refractivity contribution in [1.82, 2.24) is 19.4 Å².